The summed E-state index contributed by atoms with van der Waals surface area (Å²) in [5, 5.41) is 5.67. The van der Waals surface area contributed by atoms with Crippen LogP contribution in [-0.2, 0) is 11.8 Å². The predicted molar refractivity (Wildman–Crippen MR) is 150 cm³/mol. The lowest BCUT2D eigenvalue weighted by molar-refractivity contribution is -0.126. The number of aromatic nitrogens is 2. The lowest BCUT2D eigenvalue weighted by Gasteiger charge is -2.32. The highest BCUT2D eigenvalue weighted by Gasteiger charge is 2.29. The molecule has 1 aliphatic rings. The maximum atomic E-state index is 14.6. The van der Waals surface area contributed by atoms with Crippen LogP contribution >= 0.6 is 11.6 Å². The van der Waals surface area contributed by atoms with E-state index in [1.54, 1.807) is 4.90 Å². The van der Waals surface area contributed by atoms with Crippen molar-refractivity contribution in [1.82, 2.24) is 19.8 Å². The van der Waals surface area contributed by atoms with E-state index in [-0.39, 0.29) is 57.2 Å². The van der Waals surface area contributed by atoms with Crippen LogP contribution in [0.1, 0.15) is 40.7 Å². The van der Waals surface area contributed by atoms with Gasteiger partial charge in [0.1, 0.15) is 0 Å². The first kappa shape index (κ1) is 29.9. The summed E-state index contributed by atoms with van der Waals surface area (Å²) in [5.74, 6) is -3.71. The molecule has 2 aromatic carbocycles. The number of imidazole rings is 1. The van der Waals surface area contributed by atoms with Gasteiger partial charge in [-0.25, -0.2) is 9.37 Å². The number of benzene rings is 2. The quantitative estimate of drug-likeness (QED) is 0.368. The molecule has 1 fully saturated rings. The molecule has 0 radical (unpaired) electrons. The first-order chi connectivity index (χ1) is 19.5. The van der Waals surface area contributed by atoms with E-state index in [4.69, 9.17) is 22.1 Å². The molecule has 1 atom stereocenters. The summed E-state index contributed by atoms with van der Waals surface area (Å²) in [6.45, 7) is 3.00. The smallest absolute Gasteiger partial charge is 0.291 e. The summed E-state index contributed by atoms with van der Waals surface area (Å²) >= 11 is 6.41. The number of nitrogens with zero attached hydrogens (tertiary/aromatic N) is 3. The monoisotopic (exact) mass is 588 g/mol. The van der Waals surface area contributed by atoms with Crippen molar-refractivity contribution < 1.29 is 27.9 Å². The van der Waals surface area contributed by atoms with Gasteiger partial charge in [0, 0.05) is 49.9 Å². The highest BCUT2D eigenvalue weighted by atomic mass is 35.5. The molecule has 2 heterocycles. The fraction of sp³-hybridized carbons (Fsp3) is 0.357. The SMILES string of the molecule is COc1ccc(-c2cnc(C(=O)Nc3ccc(C(=O)N4CCC(C(=O)N[C@@H](C)CN)CC4)c(Cl)c3)n2C)c(F)c1F. The first-order valence-electron chi connectivity index (χ1n) is 13.0. The molecule has 1 aliphatic heterocycles. The lowest BCUT2D eigenvalue weighted by atomic mass is 9.95. The Labute approximate surface area is 240 Å². The van der Waals surface area contributed by atoms with Crippen LogP contribution in [0, 0.1) is 17.6 Å². The second-order valence-corrected chi connectivity index (χ2v) is 10.2. The van der Waals surface area contributed by atoms with Crippen molar-refractivity contribution in [2.24, 2.45) is 18.7 Å². The Balaban J connectivity index is 1.41. The van der Waals surface area contributed by atoms with Gasteiger partial charge in [0.2, 0.25) is 11.7 Å². The van der Waals surface area contributed by atoms with Gasteiger partial charge in [0.05, 0.1) is 29.6 Å². The highest BCUT2D eigenvalue weighted by molar-refractivity contribution is 6.34. The van der Waals surface area contributed by atoms with Crippen molar-refractivity contribution in [3.63, 3.8) is 0 Å². The Kier molecular flexibility index (Phi) is 9.24. The minimum atomic E-state index is -1.14. The molecular formula is C28H31ClF2N6O4. The zero-order valence-corrected chi connectivity index (χ0v) is 23.6. The summed E-state index contributed by atoms with van der Waals surface area (Å²) in [5.41, 5.74) is 6.24. The number of methoxy groups -OCH3 is 1. The van der Waals surface area contributed by atoms with Crippen LogP contribution in [0.5, 0.6) is 5.75 Å². The second-order valence-electron chi connectivity index (χ2n) is 9.83. The van der Waals surface area contributed by atoms with Gasteiger partial charge in [-0.3, -0.25) is 14.4 Å². The van der Waals surface area contributed by atoms with Crippen molar-refractivity contribution >= 4 is 35.0 Å². The van der Waals surface area contributed by atoms with Gasteiger partial charge in [-0.15, -0.1) is 0 Å². The van der Waals surface area contributed by atoms with Crippen LogP contribution in [0.3, 0.4) is 0 Å². The number of rotatable bonds is 8. The minimum absolute atomic E-state index is 0.0559. The Morgan fingerprint density at radius 2 is 1.88 bits per heavy atom. The molecule has 0 saturated carbocycles. The number of likely N-dealkylation sites (tertiary alicyclic amines) is 1. The summed E-state index contributed by atoms with van der Waals surface area (Å²) in [6.07, 6.45) is 2.32. The van der Waals surface area contributed by atoms with Crippen molar-refractivity contribution in [3.8, 4) is 17.0 Å². The predicted octanol–water partition coefficient (Wildman–Crippen LogP) is 3.60. The standard InChI is InChI=1S/C28H31ClF2N6O4/c1-15(13-32)34-26(38)16-8-10-37(11-9-16)28(40)18-5-4-17(12-20(18)29)35-27(39)25-33-14-21(36(25)2)19-6-7-22(41-3)24(31)23(19)30/h4-7,12,14-16H,8-11,13,32H2,1-3H3,(H,34,38)(H,35,39)/t15-/m0/s1. The van der Waals surface area contributed by atoms with Crippen molar-refractivity contribution in [1.29, 1.82) is 0 Å². The Hall–Kier alpha value is -4.03. The average molecular weight is 589 g/mol. The topological polar surface area (TPSA) is 132 Å². The number of carbonyl (C=O) groups excluding carboxylic acids is 3. The Morgan fingerprint density at radius 3 is 2.51 bits per heavy atom. The van der Waals surface area contributed by atoms with Crippen molar-refractivity contribution in [3.05, 3.63) is 64.6 Å². The molecule has 0 spiro atoms. The number of nitrogens with two attached hydrogens (primary N) is 1. The number of halogens is 3. The lowest BCUT2D eigenvalue weighted by Crippen LogP contribution is -2.46. The van der Waals surface area contributed by atoms with Gasteiger partial charge in [-0.05, 0) is 50.1 Å². The van der Waals surface area contributed by atoms with Gasteiger partial charge in [-0.1, -0.05) is 11.6 Å². The summed E-state index contributed by atoms with van der Waals surface area (Å²) in [7, 11) is 2.73. The zero-order valence-electron chi connectivity index (χ0n) is 22.8. The second kappa shape index (κ2) is 12.6. The van der Waals surface area contributed by atoms with Gasteiger partial charge >= 0.3 is 0 Å². The van der Waals surface area contributed by atoms with E-state index >= 15 is 0 Å². The molecule has 13 heteroatoms. The molecule has 3 aromatic rings. The molecule has 0 bridgehead atoms. The third-order valence-electron chi connectivity index (χ3n) is 7.09. The number of carbonyl (C=O) groups is 3. The van der Waals surface area contributed by atoms with E-state index in [0.717, 1.165) is 0 Å². The van der Waals surface area contributed by atoms with Crippen LogP contribution in [0.4, 0.5) is 14.5 Å². The molecule has 10 nitrogen and oxygen atoms in total. The van der Waals surface area contributed by atoms with E-state index in [0.29, 0.717) is 38.2 Å². The fourth-order valence-corrected chi connectivity index (χ4v) is 4.91. The fourth-order valence-electron chi connectivity index (χ4n) is 4.65. The molecule has 4 N–H and O–H groups in total. The van der Waals surface area contributed by atoms with Crippen LogP contribution < -0.4 is 21.1 Å². The summed E-state index contributed by atoms with van der Waals surface area (Å²) < 4.78 is 34.9. The zero-order chi connectivity index (χ0) is 29.8. The third kappa shape index (κ3) is 6.33. The molecule has 41 heavy (non-hydrogen) atoms. The first-order valence-corrected chi connectivity index (χ1v) is 13.4. The van der Waals surface area contributed by atoms with Crippen LogP contribution in [0.25, 0.3) is 11.3 Å². The number of amides is 3. The third-order valence-corrected chi connectivity index (χ3v) is 7.40. The molecule has 0 unspecified atom stereocenters. The Morgan fingerprint density at radius 1 is 1.17 bits per heavy atom. The van der Waals surface area contributed by atoms with Gasteiger partial charge in [0.15, 0.2) is 17.4 Å². The van der Waals surface area contributed by atoms with Gasteiger partial charge in [0.25, 0.3) is 11.8 Å². The number of hydrogen-bond donors (Lipinski definition) is 3. The molecule has 1 aromatic heterocycles. The molecule has 3 amide bonds. The number of hydrogen-bond acceptors (Lipinski definition) is 6. The van der Waals surface area contributed by atoms with Gasteiger partial charge in [-0.2, -0.15) is 4.39 Å². The van der Waals surface area contributed by atoms with Crippen LogP contribution in [0.15, 0.2) is 36.5 Å². The molecule has 218 valence electrons. The number of piperidine rings is 1. The summed E-state index contributed by atoms with van der Waals surface area (Å²) in [6, 6.07) is 7.01. The number of ether oxygens (including phenoxy) is 1. The maximum absolute atomic E-state index is 14.6. The molecule has 0 aliphatic carbocycles. The molecule has 4 rings (SSSR count). The molecule has 1 saturated heterocycles. The van der Waals surface area contributed by atoms with Gasteiger partial charge < -0.3 is 30.6 Å². The number of nitrogens with one attached hydrogen (secondary N) is 2. The number of anilines is 1. The Bertz CT molecular complexity index is 1470. The van der Waals surface area contributed by atoms with Crippen LogP contribution in [0.2, 0.25) is 5.02 Å². The minimum Gasteiger partial charge on any atom is -0.494 e. The van der Waals surface area contributed by atoms with Crippen molar-refractivity contribution in [2.45, 2.75) is 25.8 Å². The largest absolute Gasteiger partial charge is 0.494 e. The van der Waals surface area contributed by atoms with E-state index in [9.17, 15) is 23.2 Å². The van der Waals surface area contributed by atoms with Crippen LogP contribution in [-0.4, -0.2) is 65.0 Å². The molecular weight excluding hydrogens is 558 g/mol. The van der Waals surface area contributed by atoms with Crippen molar-refractivity contribution in [2.75, 3.05) is 32.1 Å². The van der Waals surface area contributed by atoms with E-state index in [2.05, 4.69) is 15.6 Å². The van der Waals surface area contributed by atoms with E-state index < -0.39 is 17.5 Å². The average Bonchev–Trinajstić information content (AvgIpc) is 3.35. The highest BCUT2D eigenvalue weighted by Crippen LogP contribution is 2.30. The maximum Gasteiger partial charge on any atom is 0.291 e. The van der Waals surface area contributed by atoms with E-state index in [1.165, 1.54) is 55.3 Å². The normalized spacial score (nSPS) is 14.5. The van der Waals surface area contributed by atoms with E-state index in [1.807, 2.05) is 6.92 Å². The summed E-state index contributed by atoms with van der Waals surface area (Å²) in [4.78, 5) is 44.1.